The quantitative estimate of drug-likeness (QED) is 0.687. The number of nitrogens with one attached hydrogen (secondary N) is 1. The molecule has 3 rings (SSSR count). The first kappa shape index (κ1) is 21.9. The topological polar surface area (TPSA) is 82.6 Å². The van der Waals surface area contributed by atoms with E-state index in [0.717, 1.165) is 36.2 Å². The smallest absolute Gasteiger partial charge is 0.244 e. The minimum atomic E-state index is -3.74. The van der Waals surface area contributed by atoms with Gasteiger partial charge in [0, 0.05) is 30.9 Å². The number of hydrogen-bond donors (Lipinski definition) is 1. The van der Waals surface area contributed by atoms with Crippen molar-refractivity contribution >= 4 is 27.3 Å². The number of nitrogens with zero attached hydrogens (tertiary/aromatic N) is 3. The summed E-state index contributed by atoms with van der Waals surface area (Å²) in [7, 11) is -2.33. The maximum atomic E-state index is 12.6. The van der Waals surface area contributed by atoms with E-state index in [-0.39, 0.29) is 23.4 Å². The molecule has 0 saturated carbocycles. The summed E-state index contributed by atoms with van der Waals surface area (Å²) in [6, 6.07) is 7.27. The van der Waals surface area contributed by atoms with E-state index in [2.05, 4.69) is 28.2 Å². The molecule has 1 atom stereocenters. The Morgan fingerprint density at radius 2 is 2.10 bits per heavy atom. The average molecular weight is 437 g/mol. The van der Waals surface area contributed by atoms with Gasteiger partial charge < -0.3 is 5.32 Å². The monoisotopic (exact) mass is 436 g/mol. The fourth-order valence-corrected chi connectivity index (χ4v) is 5.42. The Labute approximate surface area is 176 Å². The second-order valence-corrected chi connectivity index (χ2v) is 10.5. The predicted molar refractivity (Wildman–Crippen MR) is 114 cm³/mol. The van der Waals surface area contributed by atoms with E-state index < -0.39 is 10.0 Å². The summed E-state index contributed by atoms with van der Waals surface area (Å²) in [4.78, 5) is 20.1. The molecular weight excluding hydrogens is 408 g/mol. The standard InChI is InChI=1S/C20H28N4O3S2/c1-16-7-10-24(11-8-16)18(19-6-4-12-28-19)14-22-20(25)15-23(2)29(26,27)17-5-3-9-21-13-17/h3-6,9,12-13,16,18H,7-8,10-11,14-15H2,1-2H3,(H,22,25). The molecule has 2 aromatic heterocycles. The highest BCUT2D eigenvalue weighted by atomic mass is 32.2. The number of aromatic nitrogens is 1. The Balaban J connectivity index is 1.60. The van der Waals surface area contributed by atoms with Crippen LogP contribution in [0.25, 0.3) is 0 Å². The molecule has 1 saturated heterocycles. The molecule has 7 nitrogen and oxygen atoms in total. The molecule has 1 aliphatic rings. The van der Waals surface area contributed by atoms with Crippen molar-refractivity contribution < 1.29 is 13.2 Å². The maximum absolute atomic E-state index is 12.6. The van der Waals surface area contributed by atoms with Crippen LogP contribution in [0.2, 0.25) is 0 Å². The second-order valence-electron chi connectivity index (χ2n) is 7.50. The predicted octanol–water partition coefficient (Wildman–Crippen LogP) is 2.35. The van der Waals surface area contributed by atoms with Crippen molar-refractivity contribution in [1.29, 1.82) is 0 Å². The third-order valence-electron chi connectivity index (χ3n) is 5.33. The van der Waals surface area contributed by atoms with Crippen LogP contribution in [0.1, 0.15) is 30.7 Å². The molecule has 9 heteroatoms. The molecule has 1 amide bonds. The van der Waals surface area contributed by atoms with Crippen LogP contribution in [0.3, 0.4) is 0 Å². The van der Waals surface area contributed by atoms with E-state index >= 15 is 0 Å². The first-order chi connectivity index (χ1) is 13.9. The van der Waals surface area contributed by atoms with Crippen molar-refractivity contribution in [1.82, 2.24) is 19.5 Å². The zero-order valence-corrected chi connectivity index (χ0v) is 18.5. The van der Waals surface area contributed by atoms with Gasteiger partial charge in [-0.3, -0.25) is 14.7 Å². The minimum Gasteiger partial charge on any atom is -0.353 e. The lowest BCUT2D eigenvalue weighted by Crippen LogP contribution is -2.44. The van der Waals surface area contributed by atoms with Gasteiger partial charge in [-0.25, -0.2) is 8.42 Å². The minimum absolute atomic E-state index is 0.0780. The molecule has 1 fully saturated rings. The molecule has 0 bridgehead atoms. The maximum Gasteiger partial charge on any atom is 0.244 e. The molecule has 29 heavy (non-hydrogen) atoms. The molecule has 3 heterocycles. The number of likely N-dealkylation sites (tertiary alicyclic amines) is 1. The van der Waals surface area contributed by atoms with Crippen LogP contribution in [0.4, 0.5) is 0 Å². The Kier molecular flexibility index (Phi) is 7.39. The normalized spacial score (nSPS) is 17.3. The molecule has 1 aliphatic heterocycles. The van der Waals surface area contributed by atoms with Crippen molar-refractivity contribution in [3.63, 3.8) is 0 Å². The van der Waals surface area contributed by atoms with Crippen molar-refractivity contribution in [2.45, 2.75) is 30.7 Å². The van der Waals surface area contributed by atoms with Gasteiger partial charge in [0.15, 0.2) is 0 Å². The zero-order chi connectivity index (χ0) is 20.9. The second kappa shape index (κ2) is 9.80. The van der Waals surface area contributed by atoms with Crippen LogP contribution in [-0.4, -0.2) is 61.7 Å². The van der Waals surface area contributed by atoms with Gasteiger partial charge in [0.1, 0.15) is 4.90 Å². The summed E-state index contributed by atoms with van der Waals surface area (Å²) >= 11 is 1.69. The van der Waals surface area contributed by atoms with Gasteiger partial charge >= 0.3 is 0 Å². The van der Waals surface area contributed by atoms with Crippen LogP contribution in [0.5, 0.6) is 0 Å². The summed E-state index contributed by atoms with van der Waals surface area (Å²) in [5.74, 6) is 0.419. The third kappa shape index (κ3) is 5.63. The van der Waals surface area contributed by atoms with Crippen LogP contribution in [0, 0.1) is 5.92 Å². The molecular formula is C20H28N4O3S2. The number of rotatable bonds is 8. The van der Waals surface area contributed by atoms with Gasteiger partial charge in [-0.1, -0.05) is 13.0 Å². The van der Waals surface area contributed by atoms with Crippen LogP contribution in [0.15, 0.2) is 46.9 Å². The number of thiophene rings is 1. The summed E-state index contributed by atoms with van der Waals surface area (Å²) in [6.45, 7) is 4.53. The lowest BCUT2D eigenvalue weighted by atomic mass is 9.97. The largest absolute Gasteiger partial charge is 0.353 e. The fraction of sp³-hybridized carbons (Fsp3) is 0.500. The molecule has 2 aromatic rings. The first-order valence-corrected chi connectivity index (χ1v) is 12.1. The molecule has 1 N–H and O–H groups in total. The van der Waals surface area contributed by atoms with E-state index in [1.165, 1.54) is 30.4 Å². The van der Waals surface area contributed by atoms with Gasteiger partial charge in [-0.2, -0.15) is 4.31 Å². The van der Waals surface area contributed by atoms with Crippen molar-refractivity contribution in [3.8, 4) is 0 Å². The SMILES string of the molecule is CC1CCN(C(CNC(=O)CN(C)S(=O)(=O)c2cccnc2)c2cccs2)CC1. The fourth-order valence-electron chi connectivity index (χ4n) is 3.46. The number of likely N-dealkylation sites (N-methyl/N-ethyl adjacent to an activating group) is 1. The number of hydrogen-bond acceptors (Lipinski definition) is 6. The van der Waals surface area contributed by atoms with Crippen molar-refractivity contribution in [2.75, 3.05) is 33.2 Å². The van der Waals surface area contributed by atoms with Crippen molar-refractivity contribution in [2.24, 2.45) is 5.92 Å². The molecule has 0 spiro atoms. The van der Waals surface area contributed by atoms with E-state index in [1.54, 1.807) is 17.4 Å². The number of pyridine rings is 1. The highest BCUT2D eigenvalue weighted by molar-refractivity contribution is 7.89. The Bertz CT molecular complexity index is 880. The van der Waals surface area contributed by atoms with E-state index in [0.29, 0.717) is 6.54 Å². The Hall–Kier alpha value is -1.81. The van der Waals surface area contributed by atoms with E-state index in [1.807, 2.05) is 11.4 Å². The molecule has 0 aliphatic carbocycles. The van der Waals surface area contributed by atoms with Crippen LogP contribution >= 0.6 is 11.3 Å². The number of carbonyl (C=O) groups is 1. The molecule has 1 unspecified atom stereocenters. The zero-order valence-electron chi connectivity index (χ0n) is 16.8. The van der Waals surface area contributed by atoms with E-state index in [4.69, 9.17) is 0 Å². The van der Waals surface area contributed by atoms with Crippen LogP contribution in [-0.2, 0) is 14.8 Å². The number of sulfonamides is 1. The molecule has 0 aromatic carbocycles. The molecule has 0 radical (unpaired) electrons. The third-order valence-corrected chi connectivity index (χ3v) is 8.09. The summed E-state index contributed by atoms with van der Waals surface area (Å²) in [5, 5.41) is 4.98. The number of piperidine rings is 1. The van der Waals surface area contributed by atoms with E-state index in [9.17, 15) is 13.2 Å². The Morgan fingerprint density at radius 3 is 2.72 bits per heavy atom. The summed E-state index contributed by atoms with van der Waals surface area (Å²) in [5.41, 5.74) is 0. The molecule has 158 valence electrons. The highest BCUT2D eigenvalue weighted by Crippen LogP contribution is 2.29. The summed E-state index contributed by atoms with van der Waals surface area (Å²) in [6.07, 6.45) is 5.11. The van der Waals surface area contributed by atoms with Crippen LogP contribution < -0.4 is 5.32 Å². The van der Waals surface area contributed by atoms with Gasteiger partial charge in [-0.15, -0.1) is 11.3 Å². The van der Waals surface area contributed by atoms with Gasteiger partial charge in [0.25, 0.3) is 0 Å². The lowest BCUT2D eigenvalue weighted by molar-refractivity contribution is -0.121. The number of amides is 1. The number of carbonyl (C=O) groups excluding carboxylic acids is 1. The highest BCUT2D eigenvalue weighted by Gasteiger charge is 2.27. The van der Waals surface area contributed by atoms with Crippen molar-refractivity contribution in [3.05, 3.63) is 46.9 Å². The van der Waals surface area contributed by atoms with Gasteiger partial charge in [-0.05, 0) is 55.4 Å². The Morgan fingerprint density at radius 1 is 1.34 bits per heavy atom. The summed E-state index contributed by atoms with van der Waals surface area (Å²) < 4.78 is 26.2. The lowest BCUT2D eigenvalue weighted by Gasteiger charge is -2.36. The first-order valence-electron chi connectivity index (χ1n) is 9.78. The van der Waals surface area contributed by atoms with Gasteiger partial charge in [0.2, 0.25) is 15.9 Å². The van der Waals surface area contributed by atoms with Gasteiger partial charge in [0.05, 0.1) is 12.6 Å². The average Bonchev–Trinajstić information content (AvgIpc) is 3.24.